The summed E-state index contributed by atoms with van der Waals surface area (Å²) in [4.78, 5) is 14.4. The maximum atomic E-state index is 11.8. The number of hydrogen-bond donors (Lipinski definition) is 0. The third-order valence-electron chi connectivity index (χ3n) is 2.60. The number of carbonyl (C=O) groups is 1. The fourth-order valence-electron chi connectivity index (χ4n) is 1.65. The molecule has 0 unspecified atom stereocenters. The van der Waals surface area contributed by atoms with Gasteiger partial charge in [-0.25, -0.2) is 0 Å². The van der Waals surface area contributed by atoms with Crippen LogP contribution in [0.2, 0.25) is 0 Å². The maximum Gasteiger partial charge on any atom is 0.234 e. The normalized spacial score (nSPS) is 10.9. The van der Waals surface area contributed by atoms with E-state index in [9.17, 15) is 4.79 Å². The van der Waals surface area contributed by atoms with Gasteiger partial charge in [-0.1, -0.05) is 11.3 Å². The van der Waals surface area contributed by atoms with Crippen LogP contribution in [0.15, 0.2) is 6.33 Å². The van der Waals surface area contributed by atoms with Crippen LogP contribution in [-0.4, -0.2) is 43.7 Å². The number of amides is 1. The lowest BCUT2D eigenvalue weighted by atomic mass is 10.3. The Morgan fingerprint density at radius 1 is 1.47 bits per heavy atom. The van der Waals surface area contributed by atoms with Crippen LogP contribution in [0.4, 0.5) is 0 Å². The molecule has 0 N–H and O–H groups in total. The van der Waals surface area contributed by atoms with E-state index in [-0.39, 0.29) is 5.91 Å². The van der Waals surface area contributed by atoms with Crippen LogP contribution >= 0.6 is 11.3 Å². The predicted octanol–water partition coefficient (Wildman–Crippen LogP) is 0.987. The van der Waals surface area contributed by atoms with Gasteiger partial charge in [0, 0.05) is 25.9 Å². The van der Waals surface area contributed by atoms with Crippen LogP contribution in [0.3, 0.4) is 0 Å². The summed E-state index contributed by atoms with van der Waals surface area (Å²) >= 11 is 1.48. The number of carbonyl (C=O) groups excluding carboxylic acids is 1. The largest absolute Gasteiger partial charge is 0.343 e. The molecule has 0 bridgehead atoms. The molecule has 0 aromatic carbocycles. The van der Waals surface area contributed by atoms with Crippen LogP contribution in [0.1, 0.15) is 25.3 Å². The second kappa shape index (κ2) is 5.22. The van der Waals surface area contributed by atoms with Crippen molar-refractivity contribution in [2.75, 3.05) is 13.1 Å². The Hall–Kier alpha value is -1.50. The lowest BCUT2D eigenvalue weighted by molar-refractivity contribution is -0.130. The summed E-state index contributed by atoms with van der Waals surface area (Å²) in [5.74, 6) is 0.181. The average Bonchev–Trinajstić information content (AvgIpc) is 2.88. The molecule has 0 saturated heterocycles. The molecule has 17 heavy (non-hydrogen) atoms. The van der Waals surface area contributed by atoms with Gasteiger partial charge < -0.3 is 4.90 Å². The Morgan fingerprint density at radius 2 is 2.24 bits per heavy atom. The van der Waals surface area contributed by atoms with E-state index in [0.717, 1.165) is 23.1 Å². The van der Waals surface area contributed by atoms with Gasteiger partial charge in [0.05, 0.1) is 0 Å². The molecule has 2 heterocycles. The quantitative estimate of drug-likeness (QED) is 0.797. The van der Waals surface area contributed by atoms with Crippen LogP contribution in [-0.2, 0) is 11.2 Å². The third kappa shape index (κ3) is 2.60. The highest BCUT2D eigenvalue weighted by Gasteiger charge is 2.11. The molecule has 0 aliphatic rings. The van der Waals surface area contributed by atoms with E-state index < -0.39 is 0 Å². The summed E-state index contributed by atoms with van der Waals surface area (Å²) in [6.45, 7) is 5.51. The van der Waals surface area contributed by atoms with Gasteiger partial charge >= 0.3 is 0 Å². The van der Waals surface area contributed by atoms with Crippen molar-refractivity contribution in [2.24, 2.45) is 0 Å². The van der Waals surface area contributed by atoms with Crippen LogP contribution in [0.5, 0.6) is 0 Å². The molecule has 7 heteroatoms. The number of aromatic nitrogens is 4. The molecule has 0 aliphatic heterocycles. The van der Waals surface area contributed by atoms with Gasteiger partial charge in [-0.3, -0.25) is 4.79 Å². The second-order valence-electron chi connectivity index (χ2n) is 3.62. The smallest absolute Gasteiger partial charge is 0.234 e. The lowest BCUT2D eigenvalue weighted by Gasteiger charge is -2.17. The number of fused-ring (bicyclic) bond motifs is 1. The topological polar surface area (TPSA) is 63.4 Å². The van der Waals surface area contributed by atoms with Crippen molar-refractivity contribution < 1.29 is 4.79 Å². The number of rotatable bonds is 5. The molecule has 2 rings (SSSR count). The number of nitrogens with zero attached hydrogens (tertiary/aromatic N) is 5. The summed E-state index contributed by atoms with van der Waals surface area (Å²) in [7, 11) is 0. The molecule has 6 nitrogen and oxygen atoms in total. The summed E-state index contributed by atoms with van der Waals surface area (Å²) < 4.78 is 1.64. The van der Waals surface area contributed by atoms with Gasteiger partial charge in [0.2, 0.25) is 10.9 Å². The Morgan fingerprint density at radius 3 is 2.88 bits per heavy atom. The Bertz CT molecular complexity index is 473. The van der Waals surface area contributed by atoms with Crippen molar-refractivity contribution >= 4 is 22.2 Å². The van der Waals surface area contributed by atoms with Crippen LogP contribution < -0.4 is 0 Å². The first-order chi connectivity index (χ1) is 8.24. The van der Waals surface area contributed by atoms with Crippen molar-refractivity contribution in [3.63, 3.8) is 0 Å². The highest BCUT2D eigenvalue weighted by Crippen LogP contribution is 2.13. The van der Waals surface area contributed by atoms with Crippen molar-refractivity contribution in [1.29, 1.82) is 0 Å². The zero-order valence-corrected chi connectivity index (χ0v) is 10.8. The van der Waals surface area contributed by atoms with E-state index in [2.05, 4.69) is 15.3 Å². The van der Waals surface area contributed by atoms with Crippen LogP contribution in [0.25, 0.3) is 4.96 Å². The fourth-order valence-corrected chi connectivity index (χ4v) is 2.46. The Kier molecular flexibility index (Phi) is 3.68. The van der Waals surface area contributed by atoms with E-state index in [1.54, 1.807) is 10.8 Å². The van der Waals surface area contributed by atoms with Crippen molar-refractivity contribution in [3.05, 3.63) is 11.3 Å². The predicted molar refractivity (Wildman–Crippen MR) is 64.9 cm³/mol. The standard InChI is InChI=1S/C10H15N5OS/c1-3-14(4-2)9(16)6-5-8-13-15-7-11-12-10(15)17-8/h7H,3-6H2,1-2H3. The molecule has 0 radical (unpaired) electrons. The molecule has 92 valence electrons. The SMILES string of the molecule is CCN(CC)C(=O)CCc1nn2cnnc2s1. The molecule has 2 aromatic heterocycles. The molecule has 1 amide bonds. The van der Waals surface area contributed by atoms with Gasteiger partial charge in [-0.15, -0.1) is 10.2 Å². The molecular formula is C10H15N5OS. The van der Waals surface area contributed by atoms with Crippen molar-refractivity contribution in [3.8, 4) is 0 Å². The van der Waals surface area contributed by atoms with Gasteiger partial charge in [-0.05, 0) is 13.8 Å². The van der Waals surface area contributed by atoms with Crippen molar-refractivity contribution in [1.82, 2.24) is 24.7 Å². The van der Waals surface area contributed by atoms with Gasteiger partial charge in [-0.2, -0.15) is 9.61 Å². The molecule has 0 aliphatic carbocycles. The number of aryl methyl sites for hydroxylation is 1. The minimum absolute atomic E-state index is 0.181. The molecule has 0 spiro atoms. The Labute approximate surface area is 103 Å². The highest BCUT2D eigenvalue weighted by molar-refractivity contribution is 7.16. The first-order valence-corrected chi connectivity index (χ1v) is 6.49. The molecule has 0 fully saturated rings. The first kappa shape index (κ1) is 12.0. The summed E-state index contributed by atoms with van der Waals surface area (Å²) in [6, 6.07) is 0. The maximum absolute atomic E-state index is 11.8. The number of hydrogen-bond acceptors (Lipinski definition) is 5. The van der Waals surface area contributed by atoms with E-state index in [1.807, 2.05) is 18.7 Å². The van der Waals surface area contributed by atoms with Gasteiger partial charge in [0.15, 0.2) is 0 Å². The minimum atomic E-state index is 0.181. The van der Waals surface area contributed by atoms with Gasteiger partial charge in [0.25, 0.3) is 0 Å². The zero-order chi connectivity index (χ0) is 12.3. The molecular weight excluding hydrogens is 238 g/mol. The summed E-state index contributed by atoms with van der Waals surface area (Å²) in [5.41, 5.74) is 0. The van der Waals surface area contributed by atoms with Crippen LogP contribution in [0, 0.1) is 0 Å². The van der Waals surface area contributed by atoms with E-state index >= 15 is 0 Å². The highest BCUT2D eigenvalue weighted by atomic mass is 32.1. The average molecular weight is 253 g/mol. The minimum Gasteiger partial charge on any atom is -0.343 e. The van der Waals surface area contributed by atoms with E-state index in [4.69, 9.17) is 0 Å². The van der Waals surface area contributed by atoms with Gasteiger partial charge in [0.1, 0.15) is 11.3 Å². The van der Waals surface area contributed by atoms with E-state index in [0.29, 0.717) is 12.8 Å². The molecule has 0 saturated carbocycles. The summed E-state index contributed by atoms with van der Waals surface area (Å²) in [5, 5.41) is 12.9. The third-order valence-corrected chi connectivity index (χ3v) is 3.57. The lowest BCUT2D eigenvalue weighted by Crippen LogP contribution is -2.30. The second-order valence-corrected chi connectivity index (χ2v) is 4.66. The Balaban J connectivity index is 1.94. The van der Waals surface area contributed by atoms with Crippen molar-refractivity contribution in [2.45, 2.75) is 26.7 Å². The summed E-state index contributed by atoms with van der Waals surface area (Å²) in [6.07, 6.45) is 2.75. The zero-order valence-electron chi connectivity index (χ0n) is 9.96. The molecule has 2 aromatic rings. The van der Waals surface area contributed by atoms with E-state index in [1.165, 1.54) is 11.3 Å². The molecule has 0 atom stereocenters. The first-order valence-electron chi connectivity index (χ1n) is 5.68. The fraction of sp³-hybridized carbons (Fsp3) is 0.600. The monoisotopic (exact) mass is 253 g/mol.